The number of thiazole rings is 1. The lowest BCUT2D eigenvalue weighted by Crippen LogP contribution is -2.34. The van der Waals surface area contributed by atoms with E-state index in [0.717, 1.165) is 15.9 Å². The van der Waals surface area contributed by atoms with Gasteiger partial charge >= 0.3 is 0 Å². The molecule has 2 aromatic carbocycles. The third-order valence-corrected chi connectivity index (χ3v) is 6.10. The summed E-state index contributed by atoms with van der Waals surface area (Å²) >= 11 is 7.54. The average molecular weight is 452 g/mol. The van der Waals surface area contributed by atoms with Crippen molar-refractivity contribution in [1.82, 2.24) is 9.97 Å². The number of nitrogens with zero attached hydrogens (tertiary/aromatic N) is 3. The van der Waals surface area contributed by atoms with Crippen LogP contribution in [0.1, 0.15) is 31.0 Å². The molecule has 0 fully saturated rings. The molecule has 158 valence electrons. The maximum Gasteiger partial charge on any atom is 0.267 e. The highest BCUT2D eigenvalue weighted by Crippen LogP contribution is 2.31. The third kappa shape index (κ3) is 5.21. The fourth-order valence-electron chi connectivity index (χ4n) is 3.09. The number of halogens is 1. The van der Waals surface area contributed by atoms with Gasteiger partial charge in [0.1, 0.15) is 5.75 Å². The first-order chi connectivity index (χ1) is 15.0. The summed E-state index contributed by atoms with van der Waals surface area (Å²) < 4.78 is 6.70. The largest absolute Gasteiger partial charge is 0.484 e. The number of rotatable bonds is 7. The number of carbonyl (C=O) groups excluding carboxylic acids is 1. The Balaban J connectivity index is 1.56. The number of hydrogen-bond acceptors (Lipinski definition) is 5. The predicted molar refractivity (Wildman–Crippen MR) is 126 cm³/mol. The Labute approximate surface area is 190 Å². The lowest BCUT2D eigenvalue weighted by atomic mass is 10.0. The lowest BCUT2D eigenvalue weighted by molar-refractivity contribution is -0.120. The molecule has 1 amide bonds. The van der Waals surface area contributed by atoms with Crippen LogP contribution in [-0.2, 0) is 11.3 Å². The van der Waals surface area contributed by atoms with Crippen molar-refractivity contribution in [2.45, 2.75) is 26.3 Å². The SMILES string of the molecule is CC(C)c1ccc(OCC(=O)N(Cc2ccccn2)c2nc3ccc(Cl)cc3s2)cc1. The van der Waals surface area contributed by atoms with Crippen molar-refractivity contribution in [2.75, 3.05) is 11.5 Å². The summed E-state index contributed by atoms with van der Waals surface area (Å²) in [4.78, 5) is 23.8. The van der Waals surface area contributed by atoms with Crippen LogP contribution in [0.3, 0.4) is 0 Å². The molecule has 0 atom stereocenters. The highest BCUT2D eigenvalue weighted by atomic mass is 35.5. The van der Waals surface area contributed by atoms with Crippen LogP contribution in [-0.4, -0.2) is 22.5 Å². The van der Waals surface area contributed by atoms with Gasteiger partial charge in [0.15, 0.2) is 11.7 Å². The highest BCUT2D eigenvalue weighted by molar-refractivity contribution is 7.22. The Bertz CT molecular complexity index is 1180. The Kier molecular flexibility index (Phi) is 6.49. The second-order valence-electron chi connectivity index (χ2n) is 7.42. The van der Waals surface area contributed by atoms with Crippen molar-refractivity contribution in [2.24, 2.45) is 0 Å². The predicted octanol–water partition coefficient (Wildman–Crippen LogP) is 6.08. The molecule has 31 heavy (non-hydrogen) atoms. The fraction of sp³-hybridized carbons (Fsp3) is 0.208. The molecular weight excluding hydrogens is 430 g/mol. The molecule has 5 nitrogen and oxygen atoms in total. The standard InChI is InChI=1S/C24H22ClN3O2S/c1-16(2)17-6-9-20(10-7-17)30-15-23(29)28(14-19-5-3-4-12-26-19)24-27-21-11-8-18(25)13-22(21)31-24/h3-13,16H,14-15H2,1-2H3. The molecule has 2 aromatic heterocycles. The topological polar surface area (TPSA) is 55.3 Å². The van der Waals surface area contributed by atoms with Gasteiger partial charge in [-0.1, -0.05) is 55.0 Å². The van der Waals surface area contributed by atoms with E-state index in [4.69, 9.17) is 16.3 Å². The molecular formula is C24H22ClN3O2S. The Morgan fingerprint density at radius 3 is 2.65 bits per heavy atom. The second kappa shape index (κ2) is 9.45. The minimum atomic E-state index is -0.191. The van der Waals surface area contributed by atoms with Crippen LogP contribution in [0.15, 0.2) is 66.9 Å². The number of ether oxygens (including phenoxy) is 1. The van der Waals surface area contributed by atoms with Gasteiger partial charge in [0.05, 0.1) is 22.5 Å². The molecule has 0 saturated heterocycles. The summed E-state index contributed by atoms with van der Waals surface area (Å²) in [5.41, 5.74) is 2.80. The highest BCUT2D eigenvalue weighted by Gasteiger charge is 2.21. The molecule has 4 aromatic rings. The monoisotopic (exact) mass is 451 g/mol. The van der Waals surface area contributed by atoms with Gasteiger partial charge in [-0.25, -0.2) is 4.98 Å². The minimum Gasteiger partial charge on any atom is -0.484 e. The number of benzene rings is 2. The number of anilines is 1. The van der Waals surface area contributed by atoms with Crippen LogP contribution in [0, 0.1) is 0 Å². The summed E-state index contributed by atoms with van der Waals surface area (Å²) in [7, 11) is 0. The number of hydrogen-bond donors (Lipinski definition) is 0. The van der Waals surface area contributed by atoms with Gasteiger partial charge in [-0.2, -0.15) is 0 Å². The zero-order chi connectivity index (χ0) is 21.8. The maximum atomic E-state index is 13.2. The molecule has 4 rings (SSSR count). The Morgan fingerprint density at radius 1 is 1.13 bits per heavy atom. The van der Waals surface area contributed by atoms with Crippen LogP contribution in [0.5, 0.6) is 5.75 Å². The first-order valence-electron chi connectivity index (χ1n) is 9.99. The second-order valence-corrected chi connectivity index (χ2v) is 8.87. The van der Waals surface area contributed by atoms with Gasteiger partial charge in [0, 0.05) is 11.2 Å². The van der Waals surface area contributed by atoms with Crippen LogP contribution in [0.4, 0.5) is 5.13 Å². The average Bonchev–Trinajstić information content (AvgIpc) is 3.19. The molecule has 0 N–H and O–H groups in total. The van der Waals surface area contributed by atoms with Crippen molar-refractivity contribution < 1.29 is 9.53 Å². The molecule has 0 unspecified atom stereocenters. The van der Waals surface area contributed by atoms with E-state index in [0.29, 0.717) is 28.4 Å². The fourth-order valence-corrected chi connectivity index (χ4v) is 4.35. The molecule has 0 aliphatic carbocycles. The van der Waals surface area contributed by atoms with E-state index in [1.165, 1.54) is 16.9 Å². The molecule has 0 bridgehead atoms. The minimum absolute atomic E-state index is 0.0927. The van der Waals surface area contributed by atoms with Crippen LogP contribution in [0.2, 0.25) is 5.02 Å². The van der Waals surface area contributed by atoms with E-state index in [2.05, 4.69) is 23.8 Å². The van der Waals surface area contributed by atoms with Gasteiger partial charge in [-0.15, -0.1) is 0 Å². The Morgan fingerprint density at radius 2 is 1.94 bits per heavy atom. The van der Waals surface area contributed by atoms with Crippen LogP contribution in [0.25, 0.3) is 10.2 Å². The molecule has 7 heteroatoms. The number of carbonyl (C=O) groups is 1. The Hall–Kier alpha value is -2.96. The summed E-state index contributed by atoms with van der Waals surface area (Å²) in [6.45, 7) is 4.49. The van der Waals surface area contributed by atoms with Crippen molar-refractivity contribution in [3.05, 3.63) is 83.1 Å². The number of amides is 1. The zero-order valence-electron chi connectivity index (χ0n) is 17.3. The molecule has 2 heterocycles. The van der Waals surface area contributed by atoms with E-state index in [9.17, 15) is 4.79 Å². The maximum absolute atomic E-state index is 13.2. The summed E-state index contributed by atoms with van der Waals surface area (Å²) in [6.07, 6.45) is 1.71. The smallest absolute Gasteiger partial charge is 0.267 e. The molecule has 0 radical (unpaired) electrons. The van der Waals surface area contributed by atoms with Gasteiger partial charge < -0.3 is 4.74 Å². The zero-order valence-corrected chi connectivity index (χ0v) is 18.9. The van der Waals surface area contributed by atoms with E-state index < -0.39 is 0 Å². The first-order valence-corrected chi connectivity index (χ1v) is 11.2. The van der Waals surface area contributed by atoms with Crippen molar-refractivity contribution in [1.29, 1.82) is 0 Å². The van der Waals surface area contributed by atoms with Crippen molar-refractivity contribution in [3.8, 4) is 5.75 Å². The van der Waals surface area contributed by atoms with Crippen LogP contribution < -0.4 is 9.64 Å². The van der Waals surface area contributed by atoms with Gasteiger partial charge in [-0.05, 0) is 53.9 Å². The van der Waals surface area contributed by atoms with Crippen molar-refractivity contribution in [3.63, 3.8) is 0 Å². The van der Waals surface area contributed by atoms with E-state index in [1.54, 1.807) is 17.2 Å². The van der Waals surface area contributed by atoms with Gasteiger partial charge in [0.25, 0.3) is 5.91 Å². The van der Waals surface area contributed by atoms with Gasteiger partial charge in [0.2, 0.25) is 0 Å². The van der Waals surface area contributed by atoms with E-state index in [-0.39, 0.29) is 12.5 Å². The van der Waals surface area contributed by atoms with E-state index in [1.807, 2.05) is 54.6 Å². The lowest BCUT2D eigenvalue weighted by Gasteiger charge is -2.20. The van der Waals surface area contributed by atoms with E-state index >= 15 is 0 Å². The summed E-state index contributed by atoms with van der Waals surface area (Å²) in [5, 5.41) is 1.23. The first kappa shape index (κ1) is 21.3. The van der Waals surface area contributed by atoms with Gasteiger partial charge in [-0.3, -0.25) is 14.7 Å². The number of pyridine rings is 1. The third-order valence-electron chi connectivity index (χ3n) is 4.83. The summed E-state index contributed by atoms with van der Waals surface area (Å²) in [6, 6.07) is 19.0. The molecule has 0 saturated carbocycles. The van der Waals surface area contributed by atoms with Crippen molar-refractivity contribution >= 4 is 44.2 Å². The number of fused-ring (bicyclic) bond motifs is 1. The van der Waals surface area contributed by atoms with Crippen LogP contribution >= 0.6 is 22.9 Å². The molecule has 0 spiro atoms. The molecule has 0 aliphatic heterocycles. The number of aromatic nitrogens is 2. The summed E-state index contributed by atoms with van der Waals surface area (Å²) in [5.74, 6) is 0.910. The molecule has 0 aliphatic rings. The quantitative estimate of drug-likeness (QED) is 0.341. The normalized spacial score (nSPS) is 11.1.